The number of hydrogen-bond donors (Lipinski definition) is 2. The first-order valence-electron chi connectivity index (χ1n) is 6.52. The Morgan fingerprint density at radius 3 is 2.23 bits per heavy atom. The number of hydrogen-bond acceptors (Lipinski definition) is 3. The van der Waals surface area contributed by atoms with Gasteiger partial charge in [-0.2, -0.15) is 0 Å². The first kappa shape index (κ1) is 15.5. The van der Waals surface area contributed by atoms with Gasteiger partial charge in [0.1, 0.15) is 5.82 Å². The van der Waals surface area contributed by atoms with Gasteiger partial charge in [0.2, 0.25) is 5.91 Å². The highest BCUT2D eigenvalue weighted by Crippen LogP contribution is 2.28. The van der Waals surface area contributed by atoms with Crippen LogP contribution >= 0.6 is 0 Å². The third-order valence-corrected chi connectivity index (χ3v) is 3.15. The summed E-state index contributed by atoms with van der Waals surface area (Å²) in [7, 11) is 1.74. The van der Waals surface area contributed by atoms with Crippen molar-refractivity contribution in [3.8, 4) is 0 Å². The van der Waals surface area contributed by atoms with Crippen molar-refractivity contribution in [3.05, 3.63) is 53.8 Å². The van der Waals surface area contributed by atoms with E-state index in [1.54, 1.807) is 30.1 Å². The van der Waals surface area contributed by atoms with Gasteiger partial charge in [-0.25, -0.2) is 9.18 Å². The zero-order valence-corrected chi connectivity index (χ0v) is 12.1. The SMILES string of the molecule is CC(=O)Nc1ccc(N(C)c2ccc(F)cc2)cc1C(=O)O. The predicted octanol–water partition coefficient (Wildman–Crippen LogP) is 3.25. The quantitative estimate of drug-likeness (QED) is 0.909. The lowest BCUT2D eigenvalue weighted by atomic mass is 10.1. The van der Waals surface area contributed by atoms with Crippen molar-refractivity contribution in [2.75, 3.05) is 17.3 Å². The number of nitrogens with one attached hydrogen (secondary N) is 1. The highest BCUT2D eigenvalue weighted by Gasteiger charge is 2.14. The van der Waals surface area contributed by atoms with Crippen LogP contribution in [0.4, 0.5) is 21.5 Å². The van der Waals surface area contributed by atoms with Gasteiger partial charge < -0.3 is 15.3 Å². The van der Waals surface area contributed by atoms with E-state index < -0.39 is 5.97 Å². The normalized spacial score (nSPS) is 10.1. The van der Waals surface area contributed by atoms with E-state index in [2.05, 4.69) is 5.32 Å². The average Bonchev–Trinajstić information content (AvgIpc) is 2.47. The van der Waals surface area contributed by atoms with Crippen molar-refractivity contribution in [2.45, 2.75) is 6.92 Å². The minimum atomic E-state index is -1.14. The number of carbonyl (C=O) groups is 2. The molecule has 5 nitrogen and oxygen atoms in total. The highest BCUT2D eigenvalue weighted by molar-refractivity contribution is 6.00. The molecule has 2 aromatic carbocycles. The molecule has 0 aliphatic heterocycles. The topological polar surface area (TPSA) is 69.6 Å². The van der Waals surface area contributed by atoms with Crippen LogP contribution in [0.1, 0.15) is 17.3 Å². The molecule has 0 atom stereocenters. The van der Waals surface area contributed by atoms with Crippen molar-refractivity contribution < 1.29 is 19.1 Å². The molecular formula is C16H15FN2O3. The molecular weight excluding hydrogens is 287 g/mol. The van der Waals surface area contributed by atoms with Crippen LogP contribution in [0, 0.1) is 5.82 Å². The van der Waals surface area contributed by atoms with Crippen molar-refractivity contribution in [1.29, 1.82) is 0 Å². The van der Waals surface area contributed by atoms with Crippen LogP contribution in [-0.4, -0.2) is 24.0 Å². The molecule has 0 bridgehead atoms. The second-order valence-electron chi connectivity index (χ2n) is 4.75. The molecule has 0 unspecified atom stereocenters. The number of carboxylic acid groups (broad SMARTS) is 1. The number of rotatable bonds is 4. The van der Waals surface area contributed by atoms with Gasteiger partial charge in [-0.3, -0.25) is 4.79 Å². The maximum Gasteiger partial charge on any atom is 0.337 e. The number of halogens is 1. The van der Waals surface area contributed by atoms with Gasteiger partial charge in [0, 0.05) is 25.3 Å². The van der Waals surface area contributed by atoms with Crippen LogP contribution in [0.5, 0.6) is 0 Å². The molecule has 2 rings (SSSR count). The number of anilines is 3. The summed E-state index contributed by atoms with van der Waals surface area (Å²) in [6, 6.07) is 10.5. The second-order valence-corrected chi connectivity index (χ2v) is 4.75. The number of amides is 1. The molecule has 0 saturated carbocycles. The van der Waals surface area contributed by atoms with Crippen LogP contribution in [0.3, 0.4) is 0 Å². The van der Waals surface area contributed by atoms with E-state index in [1.807, 2.05) is 0 Å². The lowest BCUT2D eigenvalue weighted by Crippen LogP contribution is -2.14. The van der Waals surface area contributed by atoms with Crippen LogP contribution in [-0.2, 0) is 4.79 Å². The summed E-state index contributed by atoms with van der Waals surface area (Å²) in [6.07, 6.45) is 0. The summed E-state index contributed by atoms with van der Waals surface area (Å²) >= 11 is 0. The number of benzene rings is 2. The van der Waals surface area contributed by atoms with Crippen molar-refractivity contribution in [3.63, 3.8) is 0 Å². The molecule has 22 heavy (non-hydrogen) atoms. The summed E-state index contributed by atoms with van der Waals surface area (Å²) in [6.45, 7) is 1.31. The molecule has 1 amide bonds. The Hall–Kier alpha value is -2.89. The van der Waals surface area contributed by atoms with E-state index in [1.165, 1.54) is 31.2 Å². The summed E-state index contributed by atoms with van der Waals surface area (Å²) in [5.74, 6) is -1.83. The Kier molecular flexibility index (Phi) is 4.41. The minimum Gasteiger partial charge on any atom is -0.478 e. The van der Waals surface area contributed by atoms with Crippen LogP contribution < -0.4 is 10.2 Å². The van der Waals surface area contributed by atoms with Gasteiger partial charge in [0.15, 0.2) is 0 Å². The fraction of sp³-hybridized carbons (Fsp3) is 0.125. The third kappa shape index (κ3) is 3.41. The van der Waals surface area contributed by atoms with Crippen molar-refractivity contribution in [1.82, 2.24) is 0 Å². The predicted molar refractivity (Wildman–Crippen MR) is 82.2 cm³/mol. The molecule has 0 radical (unpaired) electrons. The Bertz CT molecular complexity index is 714. The first-order valence-corrected chi connectivity index (χ1v) is 6.52. The second kappa shape index (κ2) is 6.26. The number of carboxylic acids is 1. The maximum absolute atomic E-state index is 13.0. The van der Waals surface area contributed by atoms with Gasteiger partial charge in [0.05, 0.1) is 11.3 Å². The molecule has 0 aromatic heterocycles. The number of carbonyl (C=O) groups excluding carboxylic acids is 1. The zero-order valence-electron chi connectivity index (χ0n) is 12.1. The fourth-order valence-electron chi connectivity index (χ4n) is 2.03. The molecule has 2 N–H and O–H groups in total. The van der Waals surface area contributed by atoms with Gasteiger partial charge in [0.25, 0.3) is 0 Å². The Labute approximate surface area is 127 Å². The summed E-state index contributed by atoms with van der Waals surface area (Å²) < 4.78 is 13.0. The molecule has 6 heteroatoms. The maximum atomic E-state index is 13.0. The minimum absolute atomic E-state index is 0.0124. The van der Waals surface area contributed by atoms with Crippen molar-refractivity contribution >= 4 is 28.9 Å². The molecule has 0 saturated heterocycles. The number of nitrogens with zero attached hydrogens (tertiary/aromatic N) is 1. The third-order valence-electron chi connectivity index (χ3n) is 3.15. The molecule has 0 spiro atoms. The number of aromatic carboxylic acids is 1. The lowest BCUT2D eigenvalue weighted by Gasteiger charge is -2.20. The molecule has 0 aliphatic rings. The van der Waals surface area contributed by atoms with E-state index in [9.17, 15) is 19.1 Å². The summed E-state index contributed by atoms with van der Waals surface area (Å²) in [5, 5.41) is 11.8. The van der Waals surface area contributed by atoms with Crippen LogP contribution in [0.15, 0.2) is 42.5 Å². The van der Waals surface area contributed by atoms with E-state index in [-0.39, 0.29) is 23.0 Å². The Balaban J connectivity index is 2.39. The molecule has 0 aliphatic carbocycles. The highest BCUT2D eigenvalue weighted by atomic mass is 19.1. The van der Waals surface area contributed by atoms with E-state index >= 15 is 0 Å². The molecule has 114 valence electrons. The first-order chi connectivity index (χ1) is 10.4. The average molecular weight is 302 g/mol. The lowest BCUT2D eigenvalue weighted by molar-refractivity contribution is -0.114. The molecule has 2 aromatic rings. The van der Waals surface area contributed by atoms with Gasteiger partial charge >= 0.3 is 5.97 Å². The zero-order chi connectivity index (χ0) is 16.3. The monoisotopic (exact) mass is 302 g/mol. The molecule has 0 heterocycles. The summed E-state index contributed by atoms with van der Waals surface area (Å²) in [4.78, 5) is 24.2. The van der Waals surface area contributed by atoms with E-state index in [0.717, 1.165) is 0 Å². The Morgan fingerprint density at radius 2 is 1.68 bits per heavy atom. The van der Waals surface area contributed by atoms with Crippen molar-refractivity contribution in [2.24, 2.45) is 0 Å². The fourth-order valence-corrected chi connectivity index (χ4v) is 2.03. The van der Waals surface area contributed by atoms with Crippen LogP contribution in [0.25, 0.3) is 0 Å². The standard InChI is InChI=1S/C16H15FN2O3/c1-10(20)18-15-8-7-13(9-14(15)16(21)22)19(2)12-5-3-11(17)4-6-12/h3-9H,1-2H3,(H,18,20)(H,21,22). The summed E-state index contributed by atoms with van der Waals surface area (Å²) in [5.41, 5.74) is 1.54. The van der Waals surface area contributed by atoms with Gasteiger partial charge in [-0.15, -0.1) is 0 Å². The largest absolute Gasteiger partial charge is 0.478 e. The van der Waals surface area contributed by atoms with Crippen LogP contribution in [0.2, 0.25) is 0 Å². The Morgan fingerprint density at radius 1 is 1.09 bits per heavy atom. The molecule has 0 fully saturated rings. The van der Waals surface area contributed by atoms with Gasteiger partial charge in [-0.05, 0) is 42.5 Å². The smallest absolute Gasteiger partial charge is 0.337 e. The van der Waals surface area contributed by atoms with E-state index in [4.69, 9.17) is 0 Å². The van der Waals surface area contributed by atoms with Gasteiger partial charge in [-0.1, -0.05) is 0 Å². The van der Waals surface area contributed by atoms with E-state index in [0.29, 0.717) is 11.4 Å².